The first-order chi connectivity index (χ1) is 9.08. The van der Waals surface area contributed by atoms with E-state index < -0.39 is 5.41 Å². The fourth-order valence-electron chi connectivity index (χ4n) is 3.14. The third kappa shape index (κ3) is 3.09. The summed E-state index contributed by atoms with van der Waals surface area (Å²) >= 11 is 0. The van der Waals surface area contributed by atoms with Gasteiger partial charge in [-0.15, -0.1) is 0 Å². The molecule has 5 nitrogen and oxygen atoms in total. The van der Waals surface area contributed by atoms with E-state index in [1.54, 1.807) is 0 Å². The van der Waals surface area contributed by atoms with Gasteiger partial charge in [0.2, 0.25) is 5.91 Å². The quantitative estimate of drug-likeness (QED) is 0.684. The fraction of sp³-hybridized carbons (Fsp3) is 0.929. The lowest BCUT2D eigenvalue weighted by Crippen LogP contribution is -2.51. The standard InChI is InChI=1S/C14H26N2O3/c1-14(9-19-8-12(14)15)13(18)16-6-10-4-2-3-5-11(10)7-17/h10-12,17H,2-9,15H2,1H3,(H,16,18). The Morgan fingerprint density at radius 1 is 1.42 bits per heavy atom. The Bertz CT molecular complexity index is 324. The lowest BCUT2D eigenvalue weighted by molar-refractivity contribution is -0.131. The molecule has 19 heavy (non-hydrogen) atoms. The lowest BCUT2D eigenvalue weighted by atomic mass is 9.79. The van der Waals surface area contributed by atoms with E-state index in [1.807, 2.05) is 6.92 Å². The second-order valence-electron chi connectivity index (χ2n) is 6.24. The Labute approximate surface area is 114 Å². The van der Waals surface area contributed by atoms with Gasteiger partial charge in [-0.3, -0.25) is 4.79 Å². The largest absolute Gasteiger partial charge is 0.396 e. The van der Waals surface area contributed by atoms with E-state index >= 15 is 0 Å². The zero-order valence-electron chi connectivity index (χ0n) is 11.7. The van der Waals surface area contributed by atoms with E-state index in [0.29, 0.717) is 31.6 Å². The molecule has 1 aliphatic carbocycles. The van der Waals surface area contributed by atoms with E-state index in [2.05, 4.69) is 5.32 Å². The first kappa shape index (κ1) is 14.8. The number of rotatable bonds is 4. The maximum absolute atomic E-state index is 12.3. The van der Waals surface area contributed by atoms with Crippen molar-refractivity contribution in [1.29, 1.82) is 0 Å². The summed E-state index contributed by atoms with van der Waals surface area (Å²) in [5.74, 6) is 0.708. The van der Waals surface area contributed by atoms with Crippen molar-refractivity contribution in [1.82, 2.24) is 5.32 Å². The maximum atomic E-state index is 12.3. The summed E-state index contributed by atoms with van der Waals surface area (Å²) in [6.45, 7) is 3.58. The van der Waals surface area contributed by atoms with E-state index in [9.17, 15) is 9.90 Å². The van der Waals surface area contributed by atoms with Crippen LogP contribution >= 0.6 is 0 Å². The Morgan fingerprint density at radius 2 is 2.11 bits per heavy atom. The van der Waals surface area contributed by atoms with Crippen LogP contribution in [0.4, 0.5) is 0 Å². The van der Waals surface area contributed by atoms with Gasteiger partial charge in [-0.1, -0.05) is 12.8 Å². The SMILES string of the molecule is CC1(C(=O)NCC2CCCCC2CO)COCC1N. The molecular formula is C14H26N2O3. The van der Waals surface area contributed by atoms with Crippen molar-refractivity contribution in [2.75, 3.05) is 26.4 Å². The molecule has 4 unspecified atom stereocenters. The highest BCUT2D eigenvalue weighted by atomic mass is 16.5. The summed E-state index contributed by atoms with van der Waals surface area (Å²) < 4.78 is 5.30. The topological polar surface area (TPSA) is 84.6 Å². The zero-order chi connectivity index (χ0) is 13.9. The molecule has 0 aromatic rings. The molecule has 4 N–H and O–H groups in total. The van der Waals surface area contributed by atoms with E-state index in [4.69, 9.17) is 10.5 Å². The van der Waals surface area contributed by atoms with E-state index in [0.717, 1.165) is 12.8 Å². The van der Waals surface area contributed by atoms with Crippen LogP contribution in [0.1, 0.15) is 32.6 Å². The molecule has 1 saturated carbocycles. The second kappa shape index (κ2) is 6.20. The zero-order valence-corrected chi connectivity index (χ0v) is 11.7. The van der Waals surface area contributed by atoms with Crippen LogP contribution in [0, 0.1) is 17.3 Å². The first-order valence-corrected chi connectivity index (χ1v) is 7.30. The molecule has 2 aliphatic rings. The number of aliphatic hydroxyl groups is 1. The Balaban J connectivity index is 1.86. The molecule has 0 aromatic carbocycles. The van der Waals surface area contributed by atoms with Gasteiger partial charge in [0.25, 0.3) is 0 Å². The molecule has 1 aliphatic heterocycles. The van der Waals surface area contributed by atoms with Crippen LogP contribution in [-0.2, 0) is 9.53 Å². The van der Waals surface area contributed by atoms with Crippen LogP contribution in [-0.4, -0.2) is 43.4 Å². The molecular weight excluding hydrogens is 244 g/mol. The predicted octanol–water partition coefficient (Wildman–Crippen LogP) is 0.265. The monoisotopic (exact) mass is 270 g/mol. The number of nitrogens with one attached hydrogen (secondary N) is 1. The van der Waals surface area contributed by atoms with Gasteiger partial charge in [0.1, 0.15) is 0 Å². The molecule has 2 fully saturated rings. The minimum absolute atomic E-state index is 0.0141. The Kier molecular flexibility index (Phi) is 4.81. The minimum Gasteiger partial charge on any atom is -0.396 e. The van der Waals surface area contributed by atoms with Crippen molar-refractivity contribution in [2.24, 2.45) is 23.0 Å². The van der Waals surface area contributed by atoms with Gasteiger partial charge in [0, 0.05) is 19.2 Å². The van der Waals surface area contributed by atoms with Gasteiger partial charge in [-0.25, -0.2) is 0 Å². The van der Waals surface area contributed by atoms with Crippen molar-refractivity contribution in [3.05, 3.63) is 0 Å². The van der Waals surface area contributed by atoms with Crippen LogP contribution in [0.25, 0.3) is 0 Å². The Morgan fingerprint density at radius 3 is 2.68 bits per heavy atom. The Hall–Kier alpha value is -0.650. The predicted molar refractivity (Wildman–Crippen MR) is 72.4 cm³/mol. The van der Waals surface area contributed by atoms with Crippen LogP contribution < -0.4 is 11.1 Å². The number of hydrogen-bond acceptors (Lipinski definition) is 4. The summed E-state index contributed by atoms with van der Waals surface area (Å²) in [4.78, 5) is 12.3. The minimum atomic E-state index is -0.608. The van der Waals surface area contributed by atoms with Crippen molar-refractivity contribution in [3.63, 3.8) is 0 Å². The molecule has 1 heterocycles. The summed E-state index contributed by atoms with van der Waals surface area (Å²) in [6.07, 6.45) is 4.53. The third-order valence-electron chi connectivity index (χ3n) is 4.86. The van der Waals surface area contributed by atoms with Crippen LogP contribution in [0.5, 0.6) is 0 Å². The number of amides is 1. The van der Waals surface area contributed by atoms with Crippen molar-refractivity contribution >= 4 is 5.91 Å². The number of hydrogen-bond donors (Lipinski definition) is 3. The molecule has 1 amide bonds. The van der Waals surface area contributed by atoms with Crippen LogP contribution in [0.3, 0.4) is 0 Å². The normalized spacial score (nSPS) is 39.2. The fourth-order valence-corrected chi connectivity index (χ4v) is 3.14. The number of nitrogens with two attached hydrogens (primary N) is 1. The molecule has 4 atom stereocenters. The van der Waals surface area contributed by atoms with Gasteiger partial charge < -0.3 is 20.9 Å². The van der Waals surface area contributed by atoms with Gasteiger partial charge >= 0.3 is 0 Å². The average Bonchev–Trinajstić information content (AvgIpc) is 2.77. The summed E-state index contributed by atoms with van der Waals surface area (Å²) in [5.41, 5.74) is 5.34. The highest BCUT2D eigenvalue weighted by Crippen LogP contribution is 2.30. The maximum Gasteiger partial charge on any atom is 0.229 e. The lowest BCUT2D eigenvalue weighted by Gasteiger charge is -2.32. The summed E-state index contributed by atoms with van der Waals surface area (Å²) in [5, 5.41) is 12.4. The van der Waals surface area contributed by atoms with Gasteiger partial charge in [0.05, 0.1) is 18.6 Å². The smallest absolute Gasteiger partial charge is 0.229 e. The van der Waals surface area contributed by atoms with Crippen molar-refractivity contribution < 1.29 is 14.6 Å². The second-order valence-corrected chi connectivity index (χ2v) is 6.24. The number of ether oxygens (including phenoxy) is 1. The number of carbonyl (C=O) groups is 1. The van der Waals surface area contributed by atoms with Gasteiger partial charge in [-0.05, 0) is 31.6 Å². The molecule has 1 saturated heterocycles. The highest BCUT2D eigenvalue weighted by molar-refractivity contribution is 5.83. The molecule has 0 bridgehead atoms. The summed E-state index contributed by atoms with van der Waals surface area (Å²) in [6, 6.07) is -0.229. The molecule has 2 rings (SSSR count). The molecule has 110 valence electrons. The number of carbonyl (C=O) groups excluding carboxylic acids is 1. The average molecular weight is 270 g/mol. The molecule has 0 spiro atoms. The van der Waals surface area contributed by atoms with Crippen LogP contribution in [0.15, 0.2) is 0 Å². The highest BCUT2D eigenvalue weighted by Gasteiger charge is 2.44. The van der Waals surface area contributed by atoms with Crippen molar-refractivity contribution in [2.45, 2.75) is 38.6 Å². The number of aliphatic hydroxyl groups excluding tert-OH is 1. The van der Waals surface area contributed by atoms with Gasteiger partial charge in [-0.2, -0.15) is 0 Å². The molecule has 0 radical (unpaired) electrons. The molecule has 5 heteroatoms. The van der Waals surface area contributed by atoms with Crippen LogP contribution in [0.2, 0.25) is 0 Å². The third-order valence-corrected chi connectivity index (χ3v) is 4.86. The first-order valence-electron chi connectivity index (χ1n) is 7.30. The van der Waals surface area contributed by atoms with E-state index in [1.165, 1.54) is 12.8 Å². The molecule has 0 aromatic heterocycles. The van der Waals surface area contributed by atoms with Crippen molar-refractivity contribution in [3.8, 4) is 0 Å². The van der Waals surface area contributed by atoms with Gasteiger partial charge in [0.15, 0.2) is 0 Å². The summed E-state index contributed by atoms with van der Waals surface area (Å²) in [7, 11) is 0. The van der Waals surface area contributed by atoms with E-state index in [-0.39, 0.29) is 18.6 Å².